The van der Waals surface area contributed by atoms with E-state index in [-0.39, 0.29) is 17.4 Å². The lowest BCUT2D eigenvalue weighted by Crippen LogP contribution is -2.22. The van der Waals surface area contributed by atoms with E-state index in [0.29, 0.717) is 18.5 Å². The molecule has 1 N–H and O–H groups in total. The molecule has 4 nitrogen and oxygen atoms in total. The lowest BCUT2D eigenvalue weighted by molar-refractivity contribution is 0.195. The maximum Gasteiger partial charge on any atom is 0.150 e. The zero-order valence-electron chi connectivity index (χ0n) is 9.09. The summed E-state index contributed by atoms with van der Waals surface area (Å²) >= 11 is 1.52. The van der Waals surface area contributed by atoms with Gasteiger partial charge in [0.2, 0.25) is 0 Å². The largest absolute Gasteiger partial charge is 0.387 e. The zero-order valence-corrected chi connectivity index (χ0v) is 10.7. The third-order valence-electron chi connectivity index (χ3n) is 2.87. The Morgan fingerprint density at radius 1 is 1.50 bits per heavy atom. The van der Waals surface area contributed by atoms with Gasteiger partial charge in [0.05, 0.1) is 28.3 Å². The lowest BCUT2D eigenvalue weighted by Gasteiger charge is -2.19. The Kier molecular flexibility index (Phi) is 3.32. The highest BCUT2D eigenvalue weighted by atomic mass is 32.2. The van der Waals surface area contributed by atoms with E-state index < -0.39 is 15.9 Å². The van der Waals surface area contributed by atoms with Crippen LogP contribution in [-0.4, -0.2) is 30.0 Å². The fourth-order valence-corrected chi connectivity index (χ4v) is 4.39. The molecule has 0 bridgehead atoms. The van der Waals surface area contributed by atoms with Gasteiger partial charge in [0, 0.05) is 11.3 Å². The fraction of sp³-hybridized carbons (Fsp3) is 0.700. The number of sulfone groups is 1. The minimum absolute atomic E-state index is 0.251. The van der Waals surface area contributed by atoms with E-state index in [2.05, 4.69) is 4.98 Å². The number of hydrogen-bond acceptors (Lipinski definition) is 5. The molecule has 16 heavy (non-hydrogen) atoms. The van der Waals surface area contributed by atoms with E-state index in [1.165, 1.54) is 11.3 Å². The monoisotopic (exact) mass is 261 g/mol. The molecular weight excluding hydrogens is 246 g/mol. The van der Waals surface area contributed by atoms with Crippen molar-refractivity contribution in [1.82, 2.24) is 4.98 Å². The molecule has 2 rings (SSSR count). The molecule has 90 valence electrons. The Balaban J connectivity index is 2.08. The second-order valence-electron chi connectivity index (χ2n) is 4.21. The van der Waals surface area contributed by atoms with Gasteiger partial charge in [-0.3, -0.25) is 0 Å². The number of aliphatic hydroxyl groups is 1. The number of rotatable bonds is 2. The van der Waals surface area contributed by atoms with Crippen LogP contribution in [0, 0.1) is 0 Å². The van der Waals surface area contributed by atoms with E-state index in [1.54, 1.807) is 6.92 Å². The Hall–Kier alpha value is -0.460. The van der Waals surface area contributed by atoms with E-state index in [1.807, 2.05) is 5.38 Å². The molecule has 1 unspecified atom stereocenters. The van der Waals surface area contributed by atoms with Crippen molar-refractivity contribution in [3.8, 4) is 0 Å². The average molecular weight is 261 g/mol. The van der Waals surface area contributed by atoms with Crippen molar-refractivity contribution >= 4 is 21.2 Å². The number of aromatic nitrogens is 1. The van der Waals surface area contributed by atoms with Crippen LogP contribution in [0.2, 0.25) is 0 Å². The van der Waals surface area contributed by atoms with Crippen LogP contribution < -0.4 is 0 Å². The van der Waals surface area contributed by atoms with Crippen molar-refractivity contribution in [2.24, 2.45) is 0 Å². The Morgan fingerprint density at radius 3 is 2.62 bits per heavy atom. The maximum absolute atomic E-state index is 11.3. The molecule has 0 spiro atoms. The Labute approximate surface area is 99.3 Å². The molecule has 6 heteroatoms. The summed E-state index contributed by atoms with van der Waals surface area (Å²) in [5, 5.41) is 12.2. The molecule has 0 amide bonds. The molecule has 0 aliphatic carbocycles. The summed E-state index contributed by atoms with van der Waals surface area (Å²) in [7, 11) is -2.81. The molecule has 1 saturated heterocycles. The predicted octanol–water partition coefficient (Wildman–Crippen LogP) is 1.49. The summed E-state index contributed by atoms with van der Waals surface area (Å²) in [6.07, 6.45) is 0.779. The second kappa shape index (κ2) is 4.43. The van der Waals surface area contributed by atoms with Crippen molar-refractivity contribution in [1.29, 1.82) is 0 Å². The van der Waals surface area contributed by atoms with E-state index in [0.717, 1.165) is 5.01 Å². The van der Waals surface area contributed by atoms with Crippen LogP contribution in [0.1, 0.15) is 42.5 Å². The molecule has 1 fully saturated rings. The minimum atomic E-state index is -2.81. The molecule has 2 heterocycles. The van der Waals surface area contributed by atoms with E-state index in [4.69, 9.17) is 0 Å². The number of nitrogens with zero attached hydrogens (tertiary/aromatic N) is 1. The third-order valence-corrected chi connectivity index (χ3v) is 5.61. The van der Waals surface area contributed by atoms with Crippen LogP contribution in [0.25, 0.3) is 0 Å². The third kappa shape index (κ3) is 2.61. The molecule has 1 aliphatic rings. The molecule has 0 saturated carbocycles. The van der Waals surface area contributed by atoms with Gasteiger partial charge in [-0.1, -0.05) is 0 Å². The van der Waals surface area contributed by atoms with Crippen LogP contribution in [0.3, 0.4) is 0 Å². The van der Waals surface area contributed by atoms with Crippen LogP contribution >= 0.6 is 11.3 Å². The van der Waals surface area contributed by atoms with Gasteiger partial charge in [0.25, 0.3) is 0 Å². The molecule has 0 aromatic carbocycles. The average Bonchev–Trinajstić information content (AvgIpc) is 2.66. The van der Waals surface area contributed by atoms with Crippen molar-refractivity contribution in [3.63, 3.8) is 0 Å². The first kappa shape index (κ1) is 12.0. The maximum atomic E-state index is 11.3. The molecule has 1 atom stereocenters. The summed E-state index contributed by atoms with van der Waals surface area (Å²) in [4.78, 5) is 4.35. The summed E-state index contributed by atoms with van der Waals surface area (Å²) in [6, 6.07) is 0. The normalized spacial score (nSPS) is 23.1. The first-order chi connectivity index (χ1) is 7.48. The summed E-state index contributed by atoms with van der Waals surface area (Å²) < 4.78 is 22.6. The van der Waals surface area contributed by atoms with Crippen LogP contribution in [-0.2, 0) is 9.84 Å². The second-order valence-corrected chi connectivity index (χ2v) is 7.41. The SMILES string of the molecule is CC(O)c1csc(C2CCS(=O)(=O)CC2)n1. The summed E-state index contributed by atoms with van der Waals surface area (Å²) in [6.45, 7) is 1.68. The molecular formula is C10H15NO3S2. The van der Waals surface area contributed by atoms with Gasteiger partial charge in [-0.25, -0.2) is 13.4 Å². The van der Waals surface area contributed by atoms with Crippen molar-refractivity contribution < 1.29 is 13.5 Å². The molecule has 1 aromatic rings. The van der Waals surface area contributed by atoms with Gasteiger partial charge in [-0.2, -0.15) is 0 Å². The highest BCUT2D eigenvalue weighted by molar-refractivity contribution is 7.91. The van der Waals surface area contributed by atoms with Crippen LogP contribution in [0.15, 0.2) is 5.38 Å². The fourth-order valence-electron chi connectivity index (χ4n) is 1.82. The quantitative estimate of drug-likeness (QED) is 0.876. The van der Waals surface area contributed by atoms with Gasteiger partial charge in [-0.05, 0) is 19.8 Å². The van der Waals surface area contributed by atoms with Crippen LogP contribution in [0.5, 0.6) is 0 Å². The van der Waals surface area contributed by atoms with Crippen molar-refractivity contribution in [2.45, 2.75) is 31.8 Å². The highest BCUT2D eigenvalue weighted by Gasteiger charge is 2.26. The standard InChI is InChI=1S/C10H15NO3S2/c1-7(12)9-6-15-10(11-9)8-2-4-16(13,14)5-3-8/h6-8,12H,2-5H2,1H3. The lowest BCUT2D eigenvalue weighted by atomic mass is 10.0. The summed E-state index contributed by atoms with van der Waals surface area (Å²) in [5.74, 6) is 0.781. The van der Waals surface area contributed by atoms with Gasteiger partial charge in [-0.15, -0.1) is 11.3 Å². The van der Waals surface area contributed by atoms with Gasteiger partial charge in [0.1, 0.15) is 9.84 Å². The highest BCUT2D eigenvalue weighted by Crippen LogP contribution is 2.32. The zero-order chi connectivity index (χ0) is 11.8. The van der Waals surface area contributed by atoms with E-state index in [9.17, 15) is 13.5 Å². The number of hydrogen-bond donors (Lipinski definition) is 1. The Morgan fingerprint density at radius 2 is 2.12 bits per heavy atom. The Bertz CT molecular complexity index is 450. The number of thiazole rings is 1. The van der Waals surface area contributed by atoms with Gasteiger partial charge >= 0.3 is 0 Å². The predicted molar refractivity (Wildman–Crippen MR) is 63.4 cm³/mol. The molecule has 1 aromatic heterocycles. The molecule has 0 radical (unpaired) electrons. The van der Waals surface area contributed by atoms with Crippen LogP contribution in [0.4, 0.5) is 0 Å². The van der Waals surface area contributed by atoms with Gasteiger partial charge < -0.3 is 5.11 Å². The van der Waals surface area contributed by atoms with Gasteiger partial charge in [0.15, 0.2) is 0 Å². The number of aliphatic hydroxyl groups excluding tert-OH is 1. The van der Waals surface area contributed by atoms with Crippen molar-refractivity contribution in [3.05, 3.63) is 16.1 Å². The first-order valence-corrected chi connectivity index (χ1v) is 8.02. The smallest absolute Gasteiger partial charge is 0.150 e. The summed E-state index contributed by atoms with van der Waals surface area (Å²) in [5.41, 5.74) is 0.688. The minimum Gasteiger partial charge on any atom is -0.387 e. The topological polar surface area (TPSA) is 67.3 Å². The first-order valence-electron chi connectivity index (χ1n) is 5.32. The van der Waals surface area contributed by atoms with Crippen molar-refractivity contribution in [2.75, 3.05) is 11.5 Å². The molecule has 1 aliphatic heterocycles. The van der Waals surface area contributed by atoms with E-state index >= 15 is 0 Å².